The van der Waals surface area contributed by atoms with E-state index in [9.17, 15) is 4.79 Å². The van der Waals surface area contributed by atoms with Crippen LogP contribution < -0.4 is 14.9 Å². The Hall–Kier alpha value is -2.66. The van der Waals surface area contributed by atoms with Gasteiger partial charge in [-0.1, -0.05) is 53.0 Å². The molecule has 146 valence electrons. The Morgan fingerprint density at radius 2 is 1.55 bits per heavy atom. The van der Waals surface area contributed by atoms with E-state index in [0.717, 1.165) is 0 Å². The Morgan fingerprint density at radius 1 is 0.828 bits per heavy atom. The van der Waals surface area contributed by atoms with E-state index in [1.165, 1.54) is 6.26 Å². The first kappa shape index (κ1) is 19.6. The number of benzene rings is 3. The molecule has 0 unspecified atom stereocenters. The normalized spacial score (nSPS) is 10.9. The van der Waals surface area contributed by atoms with Gasteiger partial charge in [0, 0.05) is 21.7 Å². The highest BCUT2D eigenvalue weighted by Gasteiger charge is 2.12. The van der Waals surface area contributed by atoms with Crippen LogP contribution in [0.1, 0.15) is 5.56 Å². The lowest BCUT2D eigenvalue weighted by atomic mass is 10.2. The Kier molecular flexibility index (Phi) is 5.67. The predicted octanol–water partition coefficient (Wildman–Crippen LogP) is 7.12. The van der Waals surface area contributed by atoms with Gasteiger partial charge < -0.3 is 13.9 Å². The summed E-state index contributed by atoms with van der Waals surface area (Å²) >= 11 is 18.4. The molecule has 0 saturated heterocycles. The maximum Gasteiger partial charge on any atom is 0.235 e. The van der Waals surface area contributed by atoms with Crippen molar-refractivity contribution in [3.63, 3.8) is 0 Å². The zero-order valence-electron chi connectivity index (χ0n) is 14.8. The molecule has 0 aliphatic rings. The van der Waals surface area contributed by atoms with E-state index in [4.69, 9.17) is 48.7 Å². The van der Waals surface area contributed by atoms with Gasteiger partial charge in [0.2, 0.25) is 11.2 Å². The molecule has 4 rings (SSSR count). The fourth-order valence-corrected chi connectivity index (χ4v) is 3.40. The van der Waals surface area contributed by atoms with Crippen molar-refractivity contribution < 1.29 is 13.9 Å². The molecule has 7 heteroatoms. The van der Waals surface area contributed by atoms with Gasteiger partial charge in [-0.15, -0.1) is 0 Å². The van der Waals surface area contributed by atoms with Gasteiger partial charge in [0.25, 0.3) is 0 Å². The van der Waals surface area contributed by atoms with Crippen molar-refractivity contribution >= 4 is 45.8 Å². The number of rotatable bonds is 5. The summed E-state index contributed by atoms with van der Waals surface area (Å²) in [6.07, 6.45) is 1.25. The molecule has 4 nitrogen and oxygen atoms in total. The highest BCUT2D eigenvalue weighted by Crippen LogP contribution is 2.30. The lowest BCUT2D eigenvalue weighted by Gasteiger charge is -2.10. The molecule has 1 heterocycles. The molecule has 0 bridgehead atoms. The van der Waals surface area contributed by atoms with E-state index in [0.29, 0.717) is 43.1 Å². The van der Waals surface area contributed by atoms with Crippen LogP contribution in [0.2, 0.25) is 15.1 Å². The highest BCUT2D eigenvalue weighted by atomic mass is 35.5. The fraction of sp³-hybridized carbons (Fsp3) is 0.0455. The van der Waals surface area contributed by atoms with Crippen molar-refractivity contribution in [2.75, 3.05) is 0 Å². The van der Waals surface area contributed by atoms with Crippen LogP contribution in [0.25, 0.3) is 11.0 Å². The predicted molar refractivity (Wildman–Crippen MR) is 115 cm³/mol. The third-order valence-electron chi connectivity index (χ3n) is 4.22. The van der Waals surface area contributed by atoms with Crippen molar-refractivity contribution in [2.45, 2.75) is 6.61 Å². The molecule has 4 aromatic rings. The summed E-state index contributed by atoms with van der Waals surface area (Å²) in [6, 6.07) is 17.0. The Labute approximate surface area is 181 Å². The summed E-state index contributed by atoms with van der Waals surface area (Å²) in [7, 11) is 0. The zero-order valence-corrected chi connectivity index (χ0v) is 17.1. The number of ether oxygens (including phenoxy) is 2. The second-order valence-electron chi connectivity index (χ2n) is 6.11. The van der Waals surface area contributed by atoms with E-state index >= 15 is 0 Å². The van der Waals surface area contributed by atoms with Gasteiger partial charge >= 0.3 is 0 Å². The molecule has 0 amide bonds. The molecule has 0 atom stereocenters. The van der Waals surface area contributed by atoms with Gasteiger partial charge in [0.15, 0.2) is 0 Å². The molecular formula is C22H13Cl3O4. The van der Waals surface area contributed by atoms with Crippen molar-refractivity contribution in [3.05, 3.63) is 97.8 Å². The number of hydrogen-bond acceptors (Lipinski definition) is 4. The highest BCUT2D eigenvalue weighted by molar-refractivity contribution is 6.36. The third-order valence-corrected chi connectivity index (χ3v) is 5.24. The molecule has 0 aliphatic carbocycles. The minimum atomic E-state index is -0.313. The van der Waals surface area contributed by atoms with Gasteiger partial charge in [-0.25, -0.2) is 0 Å². The first-order chi connectivity index (χ1) is 14.0. The lowest BCUT2D eigenvalue weighted by Crippen LogP contribution is -2.05. The molecule has 0 saturated carbocycles. The Bertz CT molecular complexity index is 1230. The summed E-state index contributed by atoms with van der Waals surface area (Å²) in [5, 5.41) is 1.80. The van der Waals surface area contributed by atoms with E-state index in [1.54, 1.807) is 60.7 Å². The molecule has 1 aromatic heterocycles. The minimum Gasteiger partial charge on any atom is -0.489 e. The largest absolute Gasteiger partial charge is 0.489 e. The molecule has 0 radical (unpaired) electrons. The summed E-state index contributed by atoms with van der Waals surface area (Å²) in [6.45, 7) is 0.182. The van der Waals surface area contributed by atoms with E-state index in [2.05, 4.69) is 0 Å². The number of fused-ring (bicyclic) bond motifs is 1. The smallest absolute Gasteiger partial charge is 0.235 e. The molecule has 3 aromatic carbocycles. The second kappa shape index (κ2) is 8.37. The summed E-state index contributed by atoms with van der Waals surface area (Å²) in [5.74, 6) is 0.927. The average molecular weight is 448 g/mol. The Balaban J connectivity index is 1.59. The van der Waals surface area contributed by atoms with Crippen LogP contribution in [0.5, 0.6) is 17.2 Å². The fourth-order valence-electron chi connectivity index (χ4n) is 2.72. The van der Waals surface area contributed by atoms with Gasteiger partial charge in [-0.05, 0) is 36.4 Å². The zero-order chi connectivity index (χ0) is 20.4. The summed E-state index contributed by atoms with van der Waals surface area (Å²) in [4.78, 5) is 12.7. The van der Waals surface area contributed by atoms with Crippen LogP contribution in [0, 0.1) is 0 Å². The van der Waals surface area contributed by atoms with Crippen LogP contribution in [0.4, 0.5) is 0 Å². The second-order valence-corrected chi connectivity index (χ2v) is 7.33. The van der Waals surface area contributed by atoms with Crippen molar-refractivity contribution in [3.8, 4) is 17.2 Å². The molecular weight excluding hydrogens is 435 g/mol. The van der Waals surface area contributed by atoms with Gasteiger partial charge in [-0.3, -0.25) is 4.79 Å². The average Bonchev–Trinajstić information content (AvgIpc) is 2.71. The SMILES string of the molecule is O=c1c(Oc2ccccc2Cl)coc2cc(OCc3c(Cl)cccc3Cl)ccc12. The van der Waals surface area contributed by atoms with Crippen molar-refractivity contribution in [1.29, 1.82) is 0 Å². The Morgan fingerprint density at radius 3 is 2.31 bits per heavy atom. The molecule has 0 N–H and O–H groups in total. The van der Waals surface area contributed by atoms with Crippen LogP contribution in [0.3, 0.4) is 0 Å². The minimum absolute atomic E-state index is 0.0436. The monoisotopic (exact) mass is 446 g/mol. The summed E-state index contributed by atoms with van der Waals surface area (Å²) < 4.78 is 17.0. The first-order valence-corrected chi connectivity index (χ1v) is 9.70. The number of halogens is 3. The van der Waals surface area contributed by atoms with Crippen LogP contribution in [0.15, 0.2) is 76.1 Å². The number of hydrogen-bond donors (Lipinski definition) is 0. The molecule has 0 spiro atoms. The topological polar surface area (TPSA) is 48.7 Å². The van der Waals surface area contributed by atoms with E-state index in [1.807, 2.05) is 0 Å². The maximum atomic E-state index is 12.7. The van der Waals surface area contributed by atoms with Gasteiger partial charge in [-0.2, -0.15) is 0 Å². The third kappa shape index (κ3) is 4.20. The number of para-hydroxylation sites is 1. The molecule has 29 heavy (non-hydrogen) atoms. The maximum absolute atomic E-state index is 12.7. The quantitative estimate of drug-likeness (QED) is 0.327. The van der Waals surface area contributed by atoms with Gasteiger partial charge in [0.05, 0.1) is 10.4 Å². The first-order valence-electron chi connectivity index (χ1n) is 8.56. The summed E-state index contributed by atoms with van der Waals surface area (Å²) in [5.41, 5.74) is 0.733. The van der Waals surface area contributed by atoms with E-state index in [-0.39, 0.29) is 17.8 Å². The van der Waals surface area contributed by atoms with Crippen molar-refractivity contribution in [2.24, 2.45) is 0 Å². The van der Waals surface area contributed by atoms with Gasteiger partial charge in [0.1, 0.15) is 30.0 Å². The van der Waals surface area contributed by atoms with Crippen LogP contribution in [-0.2, 0) is 6.61 Å². The van der Waals surface area contributed by atoms with Crippen LogP contribution >= 0.6 is 34.8 Å². The lowest BCUT2D eigenvalue weighted by molar-refractivity contribution is 0.306. The van der Waals surface area contributed by atoms with Crippen molar-refractivity contribution in [1.82, 2.24) is 0 Å². The molecule has 0 aliphatic heterocycles. The van der Waals surface area contributed by atoms with Crippen LogP contribution in [-0.4, -0.2) is 0 Å². The molecule has 0 fully saturated rings. The van der Waals surface area contributed by atoms with E-state index < -0.39 is 0 Å². The standard InChI is InChI=1S/C22H13Cl3O4/c23-16-5-3-6-17(24)15(16)11-27-13-8-9-14-20(10-13)28-12-21(22(14)26)29-19-7-2-1-4-18(19)25/h1-10,12H,11H2.